The number of carbonyl (C=O) groups is 1. The van der Waals surface area contributed by atoms with Crippen LogP contribution in [0.3, 0.4) is 0 Å². The number of carbonyl (C=O) groups excluding carboxylic acids is 1. The van der Waals surface area contributed by atoms with E-state index in [9.17, 15) is 4.79 Å². The highest BCUT2D eigenvalue weighted by atomic mass is 16.5. The van der Waals surface area contributed by atoms with Gasteiger partial charge in [0.25, 0.3) is 5.91 Å². The minimum Gasteiger partial charge on any atom is -0.461 e. The molecule has 156 valence electrons. The molecule has 5 heterocycles. The molecule has 1 fully saturated rings. The second kappa shape index (κ2) is 8.27. The first-order valence-electron chi connectivity index (χ1n) is 9.83. The molecule has 0 spiro atoms. The molecule has 0 radical (unpaired) electrons. The van der Waals surface area contributed by atoms with Crippen LogP contribution < -0.4 is 10.2 Å². The second-order valence-electron chi connectivity index (χ2n) is 6.95. The number of piperazine rings is 1. The number of hydrogen-bond acceptors (Lipinski definition) is 9. The van der Waals surface area contributed by atoms with Gasteiger partial charge in [0.1, 0.15) is 5.82 Å². The van der Waals surface area contributed by atoms with Gasteiger partial charge in [0.2, 0.25) is 5.76 Å². The van der Waals surface area contributed by atoms with E-state index in [1.807, 2.05) is 30.3 Å². The zero-order valence-electron chi connectivity index (χ0n) is 16.5. The van der Waals surface area contributed by atoms with Crippen LogP contribution in [0.4, 0.5) is 17.5 Å². The first-order chi connectivity index (χ1) is 15.3. The Hall–Kier alpha value is -4.21. The Balaban J connectivity index is 1.18. The largest absolute Gasteiger partial charge is 0.461 e. The minimum absolute atomic E-state index is 0.165. The third kappa shape index (κ3) is 4.08. The molecule has 1 aliphatic rings. The van der Waals surface area contributed by atoms with E-state index in [2.05, 4.69) is 30.6 Å². The summed E-state index contributed by atoms with van der Waals surface area (Å²) in [5.41, 5.74) is 0.268. The smallest absolute Gasteiger partial charge is 0.276 e. The van der Waals surface area contributed by atoms with Crippen LogP contribution >= 0.6 is 0 Å². The lowest BCUT2D eigenvalue weighted by molar-refractivity contribution is 0.0736. The number of nitrogens with one attached hydrogen (secondary N) is 1. The van der Waals surface area contributed by atoms with Crippen molar-refractivity contribution < 1.29 is 13.7 Å². The number of anilines is 3. The Morgan fingerprint density at radius 3 is 2.55 bits per heavy atom. The van der Waals surface area contributed by atoms with Crippen molar-refractivity contribution in [1.29, 1.82) is 0 Å². The molecule has 1 aliphatic heterocycles. The number of hydrogen-bond donors (Lipinski definition) is 1. The molecule has 0 aliphatic carbocycles. The van der Waals surface area contributed by atoms with E-state index in [-0.39, 0.29) is 11.6 Å². The fourth-order valence-corrected chi connectivity index (χ4v) is 3.34. The van der Waals surface area contributed by atoms with Gasteiger partial charge in [-0.15, -0.1) is 10.2 Å². The van der Waals surface area contributed by atoms with E-state index < -0.39 is 0 Å². The first-order valence-corrected chi connectivity index (χ1v) is 9.83. The van der Waals surface area contributed by atoms with Crippen LogP contribution in [-0.4, -0.2) is 57.3 Å². The number of amides is 1. The van der Waals surface area contributed by atoms with Gasteiger partial charge in [0.05, 0.1) is 6.26 Å². The van der Waals surface area contributed by atoms with Gasteiger partial charge in [-0.2, -0.15) is 0 Å². The Bertz CT molecular complexity index is 1140. The van der Waals surface area contributed by atoms with E-state index in [4.69, 9.17) is 8.94 Å². The number of rotatable bonds is 5. The number of aromatic nitrogens is 4. The van der Waals surface area contributed by atoms with Crippen LogP contribution in [-0.2, 0) is 0 Å². The fraction of sp³-hybridized carbons (Fsp3) is 0.190. The van der Waals surface area contributed by atoms with Crippen molar-refractivity contribution in [1.82, 2.24) is 25.2 Å². The zero-order valence-corrected chi connectivity index (χ0v) is 16.5. The van der Waals surface area contributed by atoms with Gasteiger partial charge in [-0.1, -0.05) is 11.2 Å². The molecular weight excluding hydrogens is 398 g/mol. The van der Waals surface area contributed by atoms with Crippen LogP contribution in [0.2, 0.25) is 0 Å². The fourth-order valence-electron chi connectivity index (χ4n) is 3.34. The molecule has 0 unspecified atom stereocenters. The zero-order chi connectivity index (χ0) is 21.0. The molecule has 1 N–H and O–H groups in total. The molecule has 1 amide bonds. The van der Waals surface area contributed by atoms with Crippen LogP contribution in [0.15, 0.2) is 69.9 Å². The molecule has 0 bridgehead atoms. The summed E-state index contributed by atoms with van der Waals surface area (Å²) < 4.78 is 10.5. The highest BCUT2D eigenvalue weighted by Gasteiger charge is 2.25. The van der Waals surface area contributed by atoms with Crippen molar-refractivity contribution in [3.63, 3.8) is 0 Å². The van der Waals surface area contributed by atoms with Crippen LogP contribution in [0.5, 0.6) is 0 Å². The summed E-state index contributed by atoms with van der Waals surface area (Å²) in [7, 11) is 0. The summed E-state index contributed by atoms with van der Waals surface area (Å²) in [6.45, 7) is 2.40. The van der Waals surface area contributed by atoms with E-state index in [1.165, 1.54) is 0 Å². The first kappa shape index (κ1) is 18.8. The standard InChI is InChI=1S/C21H19N7O3/c29-21(15-14-17(31-26-15)16-4-3-13-30-16)28-11-9-27(10-12-28)20-7-6-19(24-25-20)23-18-5-1-2-8-22-18/h1-8,13-14H,9-12H2,(H,22,23,24). The van der Waals surface area contributed by atoms with Crippen LogP contribution in [0.1, 0.15) is 10.5 Å². The summed E-state index contributed by atoms with van der Waals surface area (Å²) in [5, 5.41) is 15.5. The lowest BCUT2D eigenvalue weighted by Gasteiger charge is -2.34. The third-order valence-electron chi connectivity index (χ3n) is 4.96. The Kier molecular flexibility index (Phi) is 5.01. The normalized spacial score (nSPS) is 13.9. The van der Waals surface area contributed by atoms with Gasteiger partial charge < -0.3 is 24.1 Å². The van der Waals surface area contributed by atoms with Crippen molar-refractivity contribution in [2.24, 2.45) is 0 Å². The Labute approximate surface area is 177 Å². The average molecular weight is 417 g/mol. The van der Waals surface area contributed by atoms with Crippen LogP contribution in [0, 0.1) is 0 Å². The van der Waals surface area contributed by atoms with Gasteiger partial charge in [-0.05, 0) is 36.4 Å². The predicted molar refractivity (Wildman–Crippen MR) is 112 cm³/mol. The highest BCUT2D eigenvalue weighted by molar-refractivity contribution is 5.93. The SMILES string of the molecule is O=C(c1cc(-c2ccco2)on1)N1CCN(c2ccc(Nc3ccccn3)nn2)CC1. The molecule has 4 aromatic heterocycles. The van der Waals surface area contributed by atoms with Crippen molar-refractivity contribution in [2.75, 3.05) is 36.4 Å². The quantitative estimate of drug-likeness (QED) is 0.523. The molecule has 10 heteroatoms. The topological polar surface area (TPSA) is 113 Å². The van der Waals surface area contributed by atoms with Gasteiger partial charge in [0, 0.05) is 38.4 Å². The second-order valence-corrected chi connectivity index (χ2v) is 6.95. The minimum atomic E-state index is -0.165. The maximum Gasteiger partial charge on any atom is 0.276 e. The molecule has 1 saturated heterocycles. The third-order valence-corrected chi connectivity index (χ3v) is 4.96. The van der Waals surface area contributed by atoms with E-state index in [0.717, 1.165) is 5.82 Å². The predicted octanol–water partition coefficient (Wildman–Crippen LogP) is 2.83. The van der Waals surface area contributed by atoms with E-state index in [1.54, 1.807) is 35.6 Å². The Morgan fingerprint density at radius 2 is 1.84 bits per heavy atom. The molecule has 0 atom stereocenters. The lowest BCUT2D eigenvalue weighted by atomic mass is 10.2. The summed E-state index contributed by atoms with van der Waals surface area (Å²) in [4.78, 5) is 20.8. The summed E-state index contributed by atoms with van der Waals surface area (Å²) in [6.07, 6.45) is 3.25. The van der Waals surface area contributed by atoms with Crippen LogP contribution in [0.25, 0.3) is 11.5 Å². The lowest BCUT2D eigenvalue weighted by Crippen LogP contribution is -2.49. The Morgan fingerprint density at radius 1 is 0.935 bits per heavy atom. The van der Waals surface area contributed by atoms with E-state index >= 15 is 0 Å². The van der Waals surface area contributed by atoms with Gasteiger partial charge >= 0.3 is 0 Å². The maximum absolute atomic E-state index is 12.8. The monoisotopic (exact) mass is 417 g/mol. The molecule has 5 rings (SSSR count). The number of pyridine rings is 1. The summed E-state index contributed by atoms with van der Waals surface area (Å²) in [6, 6.07) is 14.5. The molecule has 10 nitrogen and oxygen atoms in total. The van der Waals surface area contributed by atoms with Crippen molar-refractivity contribution >= 4 is 23.4 Å². The highest BCUT2D eigenvalue weighted by Crippen LogP contribution is 2.22. The maximum atomic E-state index is 12.8. The van der Waals surface area contributed by atoms with Gasteiger partial charge in [-0.25, -0.2) is 4.98 Å². The molecule has 4 aromatic rings. The average Bonchev–Trinajstić information content (AvgIpc) is 3.52. The summed E-state index contributed by atoms with van der Waals surface area (Å²) >= 11 is 0. The number of nitrogens with zero attached hydrogens (tertiary/aromatic N) is 6. The molecular formula is C21H19N7O3. The number of furan rings is 1. The van der Waals surface area contributed by atoms with E-state index in [0.29, 0.717) is 49.3 Å². The van der Waals surface area contributed by atoms with Crippen molar-refractivity contribution in [3.8, 4) is 11.5 Å². The van der Waals surface area contributed by atoms with Gasteiger partial charge in [0.15, 0.2) is 23.1 Å². The molecule has 0 saturated carbocycles. The molecule has 0 aromatic carbocycles. The molecule has 31 heavy (non-hydrogen) atoms. The van der Waals surface area contributed by atoms with Crippen molar-refractivity contribution in [2.45, 2.75) is 0 Å². The summed E-state index contributed by atoms with van der Waals surface area (Å²) in [5.74, 6) is 2.90. The van der Waals surface area contributed by atoms with Crippen molar-refractivity contribution in [3.05, 3.63) is 66.7 Å². The van der Waals surface area contributed by atoms with Gasteiger partial charge in [-0.3, -0.25) is 4.79 Å².